The van der Waals surface area contributed by atoms with Crippen molar-refractivity contribution >= 4 is 69.5 Å². The molecule has 0 aliphatic carbocycles. The Morgan fingerprint density at radius 1 is 1.23 bits per heavy atom. The molecule has 0 radical (unpaired) electrons. The summed E-state index contributed by atoms with van der Waals surface area (Å²) in [4.78, 5) is 13.5. The average molecular weight is 448 g/mol. The Kier molecular flexibility index (Phi) is 6.14. The number of carbonyl (C=O) groups is 1. The first-order valence-corrected chi connectivity index (χ1v) is 10.3. The Morgan fingerprint density at radius 3 is 2.65 bits per heavy atom. The maximum Gasteiger partial charge on any atom is 0.237 e. The summed E-state index contributed by atoms with van der Waals surface area (Å²) in [6.07, 6.45) is 0. The molecule has 136 valence electrons. The largest absolute Gasteiger partial charge is 0.324 e. The van der Waals surface area contributed by atoms with Crippen molar-refractivity contribution in [2.45, 2.75) is 17.3 Å². The van der Waals surface area contributed by atoms with E-state index in [2.05, 4.69) is 15.5 Å². The van der Waals surface area contributed by atoms with Gasteiger partial charge in [-0.15, -0.1) is 21.5 Å². The predicted molar refractivity (Wildman–Crippen MR) is 110 cm³/mol. The first-order chi connectivity index (χ1) is 12.4. The average Bonchev–Trinajstić information content (AvgIpc) is 3.23. The smallest absolute Gasteiger partial charge is 0.237 e. The van der Waals surface area contributed by atoms with Crippen LogP contribution < -0.4 is 5.32 Å². The maximum atomic E-state index is 12.5. The lowest BCUT2D eigenvalue weighted by molar-refractivity contribution is -0.115. The molecule has 0 spiro atoms. The normalized spacial score (nSPS) is 12.2. The van der Waals surface area contributed by atoms with Crippen molar-refractivity contribution < 1.29 is 4.79 Å². The molecule has 0 saturated heterocycles. The first-order valence-electron chi connectivity index (χ1n) is 7.42. The molecular weight excluding hydrogens is 435 g/mol. The molecule has 1 amide bonds. The van der Waals surface area contributed by atoms with Crippen LogP contribution in [0.1, 0.15) is 6.92 Å². The van der Waals surface area contributed by atoms with E-state index in [0.717, 1.165) is 10.7 Å². The number of benzene rings is 1. The van der Waals surface area contributed by atoms with Crippen molar-refractivity contribution in [1.29, 1.82) is 0 Å². The van der Waals surface area contributed by atoms with Crippen LogP contribution in [-0.2, 0) is 11.8 Å². The molecule has 10 heteroatoms. The fourth-order valence-corrected chi connectivity index (χ4v) is 4.26. The van der Waals surface area contributed by atoms with E-state index in [9.17, 15) is 4.79 Å². The molecule has 1 aromatic carbocycles. The lowest BCUT2D eigenvalue weighted by Gasteiger charge is -2.13. The van der Waals surface area contributed by atoms with E-state index < -0.39 is 5.25 Å². The Morgan fingerprint density at radius 2 is 1.96 bits per heavy atom. The van der Waals surface area contributed by atoms with Gasteiger partial charge in [0.25, 0.3) is 0 Å². The van der Waals surface area contributed by atoms with Crippen molar-refractivity contribution in [3.63, 3.8) is 0 Å². The van der Waals surface area contributed by atoms with Gasteiger partial charge in [-0.3, -0.25) is 4.79 Å². The molecule has 5 nitrogen and oxygen atoms in total. The van der Waals surface area contributed by atoms with Crippen LogP contribution in [0.4, 0.5) is 5.69 Å². The van der Waals surface area contributed by atoms with E-state index in [1.54, 1.807) is 18.3 Å². The van der Waals surface area contributed by atoms with E-state index in [4.69, 9.17) is 34.8 Å². The van der Waals surface area contributed by atoms with E-state index >= 15 is 0 Å². The van der Waals surface area contributed by atoms with Gasteiger partial charge in [-0.05, 0) is 30.5 Å². The van der Waals surface area contributed by atoms with Gasteiger partial charge in [0.1, 0.15) is 0 Å². The number of amides is 1. The van der Waals surface area contributed by atoms with E-state index in [-0.39, 0.29) is 5.91 Å². The SMILES string of the molecule is C[C@H](Sc1nnc(-c2cccs2)n1C)C(=O)Nc1cc(Cl)c(Cl)cc1Cl. The summed E-state index contributed by atoms with van der Waals surface area (Å²) in [5.74, 6) is 0.540. The van der Waals surface area contributed by atoms with Gasteiger partial charge in [0.15, 0.2) is 11.0 Å². The minimum atomic E-state index is -0.417. The maximum absolute atomic E-state index is 12.5. The van der Waals surface area contributed by atoms with Crippen LogP contribution in [0, 0.1) is 0 Å². The van der Waals surface area contributed by atoms with E-state index in [0.29, 0.717) is 25.9 Å². The summed E-state index contributed by atoms with van der Waals surface area (Å²) in [6, 6.07) is 6.96. The summed E-state index contributed by atoms with van der Waals surface area (Å²) in [5.41, 5.74) is 0.413. The Balaban J connectivity index is 1.71. The Labute approximate surface area is 173 Å². The van der Waals surface area contributed by atoms with E-state index in [1.165, 1.54) is 23.9 Å². The second-order valence-corrected chi connectivity index (χ2v) is 8.82. The summed E-state index contributed by atoms with van der Waals surface area (Å²) >= 11 is 20.9. The minimum Gasteiger partial charge on any atom is -0.324 e. The molecule has 0 bridgehead atoms. The van der Waals surface area contributed by atoms with Crippen LogP contribution in [0.15, 0.2) is 34.8 Å². The number of aromatic nitrogens is 3. The molecule has 0 fully saturated rings. The number of halogens is 3. The molecular formula is C16H13Cl3N4OS2. The molecule has 26 heavy (non-hydrogen) atoms. The summed E-state index contributed by atoms with van der Waals surface area (Å²) in [7, 11) is 1.87. The van der Waals surface area contributed by atoms with Gasteiger partial charge in [-0.25, -0.2) is 0 Å². The highest BCUT2D eigenvalue weighted by atomic mass is 35.5. The molecule has 2 heterocycles. The first kappa shape index (κ1) is 19.5. The van der Waals surface area contributed by atoms with Crippen molar-refractivity contribution in [2.75, 3.05) is 5.32 Å². The number of thiophene rings is 1. The molecule has 3 rings (SSSR count). The minimum absolute atomic E-state index is 0.226. The number of nitrogens with one attached hydrogen (secondary N) is 1. The van der Waals surface area contributed by atoms with Crippen LogP contribution in [0.3, 0.4) is 0 Å². The standard InChI is InChI=1S/C16H13Cl3N4OS2/c1-8(15(24)20-12-7-10(18)9(17)6-11(12)19)26-16-22-21-14(23(16)2)13-4-3-5-25-13/h3-8H,1-2H3,(H,20,24)/t8-/m0/s1. The lowest BCUT2D eigenvalue weighted by Crippen LogP contribution is -2.23. The number of hydrogen-bond donors (Lipinski definition) is 1. The number of anilines is 1. The number of thioether (sulfide) groups is 1. The monoisotopic (exact) mass is 446 g/mol. The molecule has 1 atom stereocenters. The second kappa shape index (κ2) is 8.19. The van der Waals surface area contributed by atoms with Gasteiger partial charge >= 0.3 is 0 Å². The van der Waals surface area contributed by atoms with Crippen molar-refractivity contribution in [3.05, 3.63) is 44.7 Å². The molecule has 1 N–H and O–H groups in total. The third kappa shape index (κ3) is 4.18. The van der Waals surface area contributed by atoms with Crippen molar-refractivity contribution in [2.24, 2.45) is 7.05 Å². The topological polar surface area (TPSA) is 59.8 Å². The third-order valence-electron chi connectivity index (χ3n) is 3.50. The zero-order chi connectivity index (χ0) is 18.8. The molecule has 0 aliphatic heterocycles. The zero-order valence-electron chi connectivity index (χ0n) is 13.7. The van der Waals surface area contributed by atoms with Crippen LogP contribution in [-0.4, -0.2) is 25.9 Å². The van der Waals surface area contributed by atoms with E-state index in [1.807, 2.05) is 29.1 Å². The molecule has 0 aliphatic rings. The molecule has 3 aromatic rings. The fourth-order valence-electron chi connectivity index (χ4n) is 2.10. The van der Waals surface area contributed by atoms with Gasteiger partial charge in [0.05, 0.1) is 30.9 Å². The van der Waals surface area contributed by atoms with Crippen LogP contribution in [0.25, 0.3) is 10.7 Å². The van der Waals surface area contributed by atoms with Gasteiger partial charge in [-0.2, -0.15) is 0 Å². The molecule has 2 aromatic heterocycles. The number of rotatable bonds is 5. The third-order valence-corrected chi connectivity index (χ3v) is 6.53. The second-order valence-electron chi connectivity index (χ2n) is 5.34. The number of carbonyl (C=O) groups excluding carboxylic acids is 1. The highest BCUT2D eigenvalue weighted by Crippen LogP contribution is 2.33. The van der Waals surface area contributed by atoms with Gasteiger partial charge < -0.3 is 9.88 Å². The van der Waals surface area contributed by atoms with Crippen LogP contribution in [0.5, 0.6) is 0 Å². The van der Waals surface area contributed by atoms with Crippen LogP contribution >= 0.6 is 57.9 Å². The van der Waals surface area contributed by atoms with Crippen LogP contribution in [0.2, 0.25) is 15.1 Å². The van der Waals surface area contributed by atoms with Gasteiger partial charge in [0.2, 0.25) is 5.91 Å². The van der Waals surface area contributed by atoms with Crippen molar-refractivity contribution in [1.82, 2.24) is 14.8 Å². The lowest BCUT2D eigenvalue weighted by atomic mass is 10.3. The number of nitrogens with zero attached hydrogens (tertiary/aromatic N) is 3. The Bertz CT molecular complexity index is 943. The predicted octanol–water partition coefficient (Wildman–Crippen LogP) is 5.62. The molecule has 0 unspecified atom stereocenters. The number of hydrogen-bond acceptors (Lipinski definition) is 5. The highest BCUT2D eigenvalue weighted by Gasteiger charge is 2.20. The molecule has 0 saturated carbocycles. The fraction of sp³-hybridized carbons (Fsp3) is 0.188. The summed E-state index contributed by atoms with van der Waals surface area (Å²) in [6.45, 7) is 1.78. The summed E-state index contributed by atoms with van der Waals surface area (Å²) in [5, 5.41) is 14.3. The van der Waals surface area contributed by atoms with Crippen molar-refractivity contribution in [3.8, 4) is 10.7 Å². The zero-order valence-corrected chi connectivity index (χ0v) is 17.6. The van der Waals surface area contributed by atoms with Gasteiger partial charge in [-0.1, -0.05) is 52.6 Å². The summed E-state index contributed by atoms with van der Waals surface area (Å²) < 4.78 is 1.87. The Hall–Kier alpha value is -1.25. The highest BCUT2D eigenvalue weighted by molar-refractivity contribution is 8.00. The van der Waals surface area contributed by atoms with Gasteiger partial charge in [0, 0.05) is 7.05 Å². The quantitative estimate of drug-likeness (QED) is 0.407.